The lowest BCUT2D eigenvalue weighted by Crippen LogP contribution is -2.50. The van der Waals surface area contributed by atoms with Crippen molar-refractivity contribution >= 4 is 23.6 Å². The van der Waals surface area contributed by atoms with Crippen LogP contribution in [0.4, 0.5) is 0 Å². The molecular formula is C25H34N2O2S. The lowest BCUT2D eigenvalue weighted by Gasteiger charge is -2.31. The van der Waals surface area contributed by atoms with Gasteiger partial charge in [-0.3, -0.25) is 9.59 Å². The number of nitrogens with one attached hydrogen (secondary N) is 1. The van der Waals surface area contributed by atoms with Crippen LogP contribution in [0.3, 0.4) is 0 Å². The van der Waals surface area contributed by atoms with Gasteiger partial charge in [0.25, 0.3) is 0 Å². The lowest BCUT2D eigenvalue weighted by atomic mass is 10.1. The van der Waals surface area contributed by atoms with Gasteiger partial charge in [-0.1, -0.05) is 66.6 Å². The third-order valence-corrected chi connectivity index (χ3v) is 5.86. The van der Waals surface area contributed by atoms with Crippen LogP contribution in [-0.4, -0.2) is 34.6 Å². The summed E-state index contributed by atoms with van der Waals surface area (Å²) in [4.78, 5) is 27.7. The second-order valence-corrected chi connectivity index (χ2v) is 9.06. The van der Waals surface area contributed by atoms with E-state index in [1.165, 1.54) is 11.1 Å². The van der Waals surface area contributed by atoms with Gasteiger partial charge in [-0.05, 0) is 45.2 Å². The van der Waals surface area contributed by atoms with E-state index in [9.17, 15) is 9.59 Å². The fourth-order valence-corrected chi connectivity index (χ4v) is 4.20. The standard InChI is InChI=1S/C25H34N2O2S/c1-6-23(25(29)26-18(2)3)27(15-22-9-7-8-20(5)14-22)24(28)17-30-16-21-12-10-19(4)11-13-21/h7-14,18,23H,6,15-17H2,1-5H3,(H,26,29)/t23-/m0/s1. The first kappa shape index (κ1) is 24.0. The van der Waals surface area contributed by atoms with Gasteiger partial charge < -0.3 is 10.2 Å². The molecule has 0 fully saturated rings. The van der Waals surface area contributed by atoms with Crippen molar-refractivity contribution in [2.24, 2.45) is 0 Å². The van der Waals surface area contributed by atoms with Gasteiger partial charge in [0, 0.05) is 18.3 Å². The summed E-state index contributed by atoms with van der Waals surface area (Å²) in [6, 6.07) is 16.1. The van der Waals surface area contributed by atoms with Crippen molar-refractivity contribution in [3.05, 3.63) is 70.8 Å². The van der Waals surface area contributed by atoms with E-state index in [4.69, 9.17) is 0 Å². The van der Waals surface area contributed by atoms with Crippen LogP contribution in [0.15, 0.2) is 48.5 Å². The SMILES string of the molecule is CC[C@@H](C(=O)NC(C)C)N(Cc1cccc(C)c1)C(=O)CSCc1ccc(C)cc1. The third kappa shape index (κ3) is 7.52. The first-order chi connectivity index (χ1) is 14.3. The number of rotatable bonds is 10. The van der Waals surface area contributed by atoms with E-state index in [0.717, 1.165) is 16.9 Å². The van der Waals surface area contributed by atoms with E-state index >= 15 is 0 Å². The van der Waals surface area contributed by atoms with E-state index in [2.05, 4.69) is 42.6 Å². The van der Waals surface area contributed by atoms with Crippen LogP contribution in [0.25, 0.3) is 0 Å². The lowest BCUT2D eigenvalue weighted by molar-refractivity contribution is -0.139. The highest BCUT2D eigenvalue weighted by Gasteiger charge is 2.28. The molecule has 0 heterocycles. The molecule has 0 aliphatic carbocycles. The molecule has 0 saturated heterocycles. The molecule has 2 aromatic carbocycles. The van der Waals surface area contributed by atoms with Gasteiger partial charge >= 0.3 is 0 Å². The summed E-state index contributed by atoms with van der Waals surface area (Å²) in [5.74, 6) is 1.04. The number of hydrogen-bond donors (Lipinski definition) is 1. The number of aryl methyl sites for hydroxylation is 2. The van der Waals surface area contributed by atoms with Crippen molar-refractivity contribution in [2.45, 2.75) is 65.4 Å². The summed E-state index contributed by atoms with van der Waals surface area (Å²) >= 11 is 1.59. The molecule has 30 heavy (non-hydrogen) atoms. The molecule has 0 spiro atoms. The van der Waals surface area contributed by atoms with Crippen molar-refractivity contribution in [3.63, 3.8) is 0 Å². The molecule has 4 nitrogen and oxygen atoms in total. The van der Waals surface area contributed by atoms with Crippen LogP contribution < -0.4 is 5.32 Å². The average molecular weight is 427 g/mol. The predicted octanol–water partition coefficient (Wildman–Crippen LogP) is 4.87. The maximum atomic E-state index is 13.2. The molecule has 0 unspecified atom stereocenters. The van der Waals surface area contributed by atoms with Crippen LogP contribution >= 0.6 is 11.8 Å². The quantitative estimate of drug-likeness (QED) is 0.590. The minimum absolute atomic E-state index is 0.000580. The second-order valence-electron chi connectivity index (χ2n) is 8.08. The fourth-order valence-electron chi connectivity index (χ4n) is 3.33. The number of carbonyl (C=O) groups is 2. The summed E-state index contributed by atoms with van der Waals surface area (Å²) in [5, 5.41) is 2.97. The van der Waals surface area contributed by atoms with Crippen molar-refractivity contribution in [1.29, 1.82) is 0 Å². The van der Waals surface area contributed by atoms with Gasteiger partial charge in [0.2, 0.25) is 11.8 Å². The van der Waals surface area contributed by atoms with E-state index in [-0.39, 0.29) is 17.9 Å². The van der Waals surface area contributed by atoms with E-state index in [1.54, 1.807) is 16.7 Å². The molecule has 1 atom stereocenters. The minimum atomic E-state index is -0.472. The fraction of sp³-hybridized carbons (Fsp3) is 0.440. The van der Waals surface area contributed by atoms with Gasteiger partial charge in [0.15, 0.2) is 0 Å². The van der Waals surface area contributed by atoms with Crippen molar-refractivity contribution in [3.8, 4) is 0 Å². The Balaban J connectivity index is 2.12. The molecule has 0 saturated carbocycles. The number of benzene rings is 2. The molecule has 2 amide bonds. The third-order valence-electron chi connectivity index (χ3n) is 4.87. The zero-order valence-corrected chi connectivity index (χ0v) is 19.6. The number of nitrogens with zero attached hydrogens (tertiary/aromatic N) is 1. The van der Waals surface area contributed by atoms with Crippen LogP contribution in [-0.2, 0) is 21.9 Å². The molecule has 2 aromatic rings. The van der Waals surface area contributed by atoms with Crippen molar-refractivity contribution in [2.75, 3.05) is 5.75 Å². The topological polar surface area (TPSA) is 49.4 Å². The van der Waals surface area contributed by atoms with Gasteiger partial charge in [0.05, 0.1) is 5.75 Å². The molecule has 1 N–H and O–H groups in total. The second kappa shape index (κ2) is 11.8. The molecule has 0 aliphatic rings. The highest BCUT2D eigenvalue weighted by molar-refractivity contribution is 7.99. The Hall–Kier alpha value is -2.27. The minimum Gasteiger partial charge on any atom is -0.352 e. The van der Waals surface area contributed by atoms with Crippen LogP contribution in [0.1, 0.15) is 49.4 Å². The van der Waals surface area contributed by atoms with E-state index < -0.39 is 6.04 Å². The molecule has 0 bridgehead atoms. The van der Waals surface area contributed by atoms with Crippen molar-refractivity contribution in [1.82, 2.24) is 10.2 Å². The summed E-state index contributed by atoms with van der Waals surface area (Å²) in [5.41, 5.74) is 4.62. The molecule has 5 heteroatoms. The summed E-state index contributed by atoms with van der Waals surface area (Å²) in [7, 11) is 0. The number of thioether (sulfide) groups is 1. The van der Waals surface area contributed by atoms with E-state index in [0.29, 0.717) is 18.7 Å². The normalized spacial score (nSPS) is 11.9. The van der Waals surface area contributed by atoms with Crippen LogP contribution in [0.2, 0.25) is 0 Å². The largest absolute Gasteiger partial charge is 0.352 e. The van der Waals surface area contributed by atoms with Gasteiger partial charge in [-0.2, -0.15) is 0 Å². The first-order valence-corrected chi connectivity index (χ1v) is 11.7. The Morgan fingerprint density at radius 3 is 2.30 bits per heavy atom. The Morgan fingerprint density at radius 1 is 1.00 bits per heavy atom. The summed E-state index contributed by atoms with van der Waals surface area (Å²) in [6.45, 7) is 10.4. The Morgan fingerprint density at radius 2 is 1.70 bits per heavy atom. The first-order valence-electron chi connectivity index (χ1n) is 10.6. The monoisotopic (exact) mass is 426 g/mol. The van der Waals surface area contributed by atoms with Gasteiger partial charge in [-0.15, -0.1) is 11.8 Å². The zero-order valence-electron chi connectivity index (χ0n) is 18.8. The number of amides is 2. The molecule has 162 valence electrons. The molecule has 0 radical (unpaired) electrons. The molecule has 2 rings (SSSR count). The number of hydrogen-bond acceptors (Lipinski definition) is 3. The average Bonchev–Trinajstić information content (AvgIpc) is 2.68. The smallest absolute Gasteiger partial charge is 0.243 e. The molecule has 0 aromatic heterocycles. The highest BCUT2D eigenvalue weighted by atomic mass is 32.2. The Labute approximate surface area is 185 Å². The molecule has 0 aliphatic heterocycles. The molecular weight excluding hydrogens is 392 g/mol. The van der Waals surface area contributed by atoms with E-state index in [1.807, 2.05) is 45.9 Å². The van der Waals surface area contributed by atoms with Gasteiger partial charge in [-0.25, -0.2) is 0 Å². The van der Waals surface area contributed by atoms with Gasteiger partial charge in [0.1, 0.15) is 6.04 Å². The zero-order chi connectivity index (χ0) is 22.1. The summed E-state index contributed by atoms with van der Waals surface area (Å²) < 4.78 is 0. The Kier molecular flexibility index (Phi) is 9.44. The van der Waals surface area contributed by atoms with Crippen LogP contribution in [0.5, 0.6) is 0 Å². The summed E-state index contributed by atoms with van der Waals surface area (Å²) in [6.07, 6.45) is 0.582. The highest BCUT2D eigenvalue weighted by Crippen LogP contribution is 2.18. The predicted molar refractivity (Wildman–Crippen MR) is 126 cm³/mol. The maximum Gasteiger partial charge on any atom is 0.243 e. The van der Waals surface area contributed by atoms with Crippen LogP contribution in [0, 0.1) is 13.8 Å². The maximum absolute atomic E-state index is 13.2. The number of carbonyl (C=O) groups excluding carboxylic acids is 2. The Bertz CT molecular complexity index is 833. The van der Waals surface area contributed by atoms with Crippen molar-refractivity contribution < 1.29 is 9.59 Å².